The van der Waals surface area contributed by atoms with Gasteiger partial charge in [0.2, 0.25) is 0 Å². The van der Waals surface area contributed by atoms with E-state index in [4.69, 9.17) is 21.7 Å². The predicted octanol–water partition coefficient (Wildman–Crippen LogP) is 2.29. The Kier molecular flexibility index (Phi) is 7.26. The minimum atomic E-state index is -0.516. The second-order valence-corrected chi connectivity index (χ2v) is 5.32. The van der Waals surface area contributed by atoms with Crippen LogP contribution in [0.2, 0.25) is 0 Å². The van der Waals surface area contributed by atoms with E-state index in [0.717, 1.165) is 5.56 Å². The first kappa shape index (κ1) is 19.1. The molecule has 0 spiro atoms. The summed E-state index contributed by atoms with van der Waals surface area (Å²) < 4.78 is 10.6. The van der Waals surface area contributed by atoms with Gasteiger partial charge in [0.1, 0.15) is 0 Å². The first-order valence-corrected chi connectivity index (χ1v) is 8.03. The number of esters is 1. The van der Waals surface area contributed by atoms with Crippen LogP contribution >= 0.6 is 12.2 Å². The number of hydrogen-bond donors (Lipinski definition) is 2. The maximum Gasteiger partial charge on any atom is 0.345 e. The van der Waals surface area contributed by atoms with E-state index in [2.05, 4.69) is 27.4 Å². The number of rotatable bonds is 7. The lowest BCUT2D eigenvalue weighted by molar-refractivity contribution is 0.0729. The third-order valence-electron chi connectivity index (χ3n) is 3.07. The molecule has 0 saturated heterocycles. The minimum Gasteiger partial charge on any atom is -0.493 e. The van der Waals surface area contributed by atoms with Crippen molar-refractivity contribution in [1.29, 1.82) is 0 Å². The summed E-state index contributed by atoms with van der Waals surface area (Å²) in [4.78, 5) is 16.0. The number of hydrogen-bond acceptors (Lipinski definition) is 6. The average Bonchev–Trinajstić information content (AvgIpc) is 2.68. The zero-order chi connectivity index (χ0) is 18.8. The highest BCUT2D eigenvalue weighted by Crippen LogP contribution is 2.28. The molecule has 2 aromatic rings. The summed E-state index contributed by atoms with van der Waals surface area (Å²) in [6.07, 6.45) is 6.27. The van der Waals surface area contributed by atoms with Gasteiger partial charge in [-0.15, -0.1) is 6.58 Å². The molecule has 0 unspecified atom stereocenters. The minimum absolute atomic E-state index is 0.301. The molecule has 7 nitrogen and oxygen atoms in total. The molecule has 0 fully saturated rings. The van der Waals surface area contributed by atoms with Crippen molar-refractivity contribution in [3.63, 3.8) is 0 Å². The van der Waals surface area contributed by atoms with E-state index in [1.807, 2.05) is 0 Å². The van der Waals surface area contributed by atoms with Crippen LogP contribution in [0.5, 0.6) is 11.5 Å². The molecule has 0 aliphatic rings. The molecule has 0 radical (unpaired) electrons. The van der Waals surface area contributed by atoms with Gasteiger partial charge in [0, 0.05) is 18.9 Å². The molecule has 1 aromatic heterocycles. The van der Waals surface area contributed by atoms with Crippen LogP contribution in [0.25, 0.3) is 0 Å². The third kappa shape index (κ3) is 5.67. The molecule has 2 N–H and O–H groups in total. The van der Waals surface area contributed by atoms with E-state index < -0.39 is 5.97 Å². The molecule has 134 valence electrons. The van der Waals surface area contributed by atoms with Gasteiger partial charge in [-0.3, -0.25) is 10.4 Å². The number of carbonyl (C=O) groups excluding carboxylic acids is 1. The molecule has 8 heteroatoms. The number of methoxy groups -OCH3 is 1. The smallest absolute Gasteiger partial charge is 0.345 e. The van der Waals surface area contributed by atoms with E-state index in [9.17, 15) is 4.79 Å². The maximum absolute atomic E-state index is 12.1. The summed E-state index contributed by atoms with van der Waals surface area (Å²) in [6, 6.07) is 8.34. The van der Waals surface area contributed by atoms with Crippen molar-refractivity contribution in [1.82, 2.24) is 15.7 Å². The van der Waals surface area contributed by atoms with Gasteiger partial charge < -0.3 is 14.8 Å². The Morgan fingerprint density at radius 1 is 1.38 bits per heavy atom. The van der Waals surface area contributed by atoms with Crippen molar-refractivity contribution in [3.8, 4) is 11.5 Å². The van der Waals surface area contributed by atoms with Crippen molar-refractivity contribution in [2.45, 2.75) is 0 Å². The van der Waals surface area contributed by atoms with E-state index >= 15 is 0 Å². The van der Waals surface area contributed by atoms with Crippen molar-refractivity contribution in [3.05, 3.63) is 66.5 Å². The second-order valence-electron chi connectivity index (χ2n) is 4.91. The first-order valence-electron chi connectivity index (χ1n) is 7.62. The van der Waals surface area contributed by atoms with Crippen LogP contribution in [-0.2, 0) is 0 Å². The largest absolute Gasteiger partial charge is 0.493 e. The molecular weight excluding hydrogens is 352 g/mol. The van der Waals surface area contributed by atoms with Gasteiger partial charge in [0.15, 0.2) is 16.6 Å². The summed E-state index contributed by atoms with van der Waals surface area (Å²) in [7, 11) is 1.49. The van der Waals surface area contributed by atoms with E-state index in [1.54, 1.807) is 48.8 Å². The second kappa shape index (κ2) is 9.90. The van der Waals surface area contributed by atoms with Gasteiger partial charge >= 0.3 is 5.97 Å². The molecule has 0 amide bonds. The van der Waals surface area contributed by atoms with Gasteiger partial charge in [-0.25, -0.2) is 4.79 Å². The first-order chi connectivity index (χ1) is 12.6. The van der Waals surface area contributed by atoms with Gasteiger partial charge in [-0.05, 0) is 48.1 Å². The maximum atomic E-state index is 12.1. The molecule has 1 aromatic carbocycles. The highest BCUT2D eigenvalue weighted by atomic mass is 32.1. The van der Waals surface area contributed by atoms with Crippen LogP contribution < -0.4 is 20.2 Å². The van der Waals surface area contributed by atoms with Gasteiger partial charge in [-0.1, -0.05) is 6.08 Å². The van der Waals surface area contributed by atoms with Crippen molar-refractivity contribution < 1.29 is 14.3 Å². The van der Waals surface area contributed by atoms with Crippen LogP contribution in [0.3, 0.4) is 0 Å². The van der Waals surface area contributed by atoms with Gasteiger partial charge in [-0.2, -0.15) is 5.10 Å². The predicted molar refractivity (Wildman–Crippen MR) is 104 cm³/mol. The Bertz CT molecular complexity index is 809. The van der Waals surface area contributed by atoms with Crippen LogP contribution in [0.1, 0.15) is 15.9 Å². The number of pyridine rings is 1. The van der Waals surface area contributed by atoms with Crippen molar-refractivity contribution in [2.24, 2.45) is 5.10 Å². The van der Waals surface area contributed by atoms with Crippen LogP contribution in [0.4, 0.5) is 0 Å². The number of carbonyl (C=O) groups is 1. The van der Waals surface area contributed by atoms with E-state index in [1.165, 1.54) is 13.3 Å². The zero-order valence-corrected chi connectivity index (χ0v) is 15.0. The number of nitrogens with zero attached hydrogens (tertiary/aromatic N) is 2. The molecule has 2 rings (SSSR count). The lowest BCUT2D eigenvalue weighted by Gasteiger charge is -2.10. The Labute approximate surface area is 156 Å². The Balaban J connectivity index is 2.03. The summed E-state index contributed by atoms with van der Waals surface area (Å²) in [5.74, 6) is 0.186. The summed E-state index contributed by atoms with van der Waals surface area (Å²) >= 11 is 5.03. The molecule has 26 heavy (non-hydrogen) atoms. The van der Waals surface area contributed by atoms with E-state index in [0.29, 0.717) is 28.7 Å². The monoisotopic (exact) mass is 370 g/mol. The normalized spacial score (nSPS) is 10.2. The standard InChI is InChI=1S/C18H18N4O3S/c1-3-8-20-18(26)22-21-11-13-6-7-15(16(10-13)24-2)25-17(23)14-5-4-9-19-12-14/h3-7,9-12H,1,8H2,2H3,(H2,20,22,26). The Morgan fingerprint density at radius 3 is 2.92 bits per heavy atom. The summed E-state index contributed by atoms with van der Waals surface area (Å²) in [6.45, 7) is 4.13. The SMILES string of the molecule is C=CCNC(=S)NN=Cc1ccc(OC(=O)c2cccnc2)c(OC)c1. The summed E-state index contributed by atoms with van der Waals surface area (Å²) in [5.41, 5.74) is 3.77. The number of thiocarbonyl (C=S) groups is 1. The van der Waals surface area contributed by atoms with Crippen LogP contribution in [0.15, 0.2) is 60.5 Å². The topological polar surface area (TPSA) is 84.8 Å². The number of benzene rings is 1. The molecule has 0 aliphatic heterocycles. The van der Waals surface area contributed by atoms with E-state index in [-0.39, 0.29) is 0 Å². The Hall–Kier alpha value is -3.26. The summed E-state index contributed by atoms with van der Waals surface area (Å²) in [5, 5.41) is 7.30. The average molecular weight is 370 g/mol. The lowest BCUT2D eigenvalue weighted by Crippen LogP contribution is -2.31. The quantitative estimate of drug-likeness (QED) is 0.193. The van der Waals surface area contributed by atoms with Crippen molar-refractivity contribution >= 4 is 29.5 Å². The number of aromatic nitrogens is 1. The zero-order valence-electron chi connectivity index (χ0n) is 14.1. The van der Waals surface area contributed by atoms with Crippen LogP contribution in [0, 0.1) is 0 Å². The Morgan fingerprint density at radius 2 is 2.23 bits per heavy atom. The number of ether oxygens (including phenoxy) is 2. The fraction of sp³-hybridized carbons (Fsp3) is 0.111. The lowest BCUT2D eigenvalue weighted by atomic mass is 10.2. The molecular formula is C18H18N4O3S. The fourth-order valence-electron chi connectivity index (χ4n) is 1.86. The molecule has 0 saturated carbocycles. The van der Waals surface area contributed by atoms with Gasteiger partial charge in [0.05, 0.1) is 18.9 Å². The number of nitrogens with one attached hydrogen (secondary N) is 2. The highest BCUT2D eigenvalue weighted by molar-refractivity contribution is 7.80. The molecule has 0 bridgehead atoms. The highest BCUT2D eigenvalue weighted by Gasteiger charge is 2.12. The molecule has 1 heterocycles. The third-order valence-corrected chi connectivity index (χ3v) is 3.31. The van der Waals surface area contributed by atoms with Gasteiger partial charge in [0.25, 0.3) is 0 Å². The van der Waals surface area contributed by atoms with Crippen LogP contribution in [-0.4, -0.2) is 35.9 Å². The fourth-order valence-corrected chi connectivity index (χ4v) is 2.00. The number of hydrazone groups is 1. The van der Waals surface area contributed by atoms with Crippen molar-refractivity contribution in [2.75, 3.05) is 13.7 Å². The molecule has 0 atom stereocenters. The molecule has 0 aliphatic carbocycles.